The highest BCUT2D eigenvalue weighted by Gasteiger charge is 2.66. The number of ether oxygens (including phenoxy) is 1. The van der Waals surface area contributed by atoms with Crippen molar-refractivity contribution in [3.05, 3.63) is 0 Å². The van der Waals surface area contributed by atoms with Gasteiger partial charge in [-0.1, -0.05) is 0 Å². The molecular weight excluding hydrogens is 181 g/mol. The second-order valence-corrected chi connectivity index (χ2v) is 3.93. The van der Waals surface area contributed by atoms with Gasteiger partial charge in [-0.05, 0) is 0 Å². The minimum absolute atomic E-state index is 0.351. The molecule has 0 amide bonds. The molecule has 0 saturated carbocycles. The van der Waals surface area contributed by atoms with Gasteiger partial charge in [0, 0.05) is 17.1 Å². The van der Waals surface area contributed by atoms with Crippen molar-refractivity contribution in [2.24, 2.45) is 0 Å². The van der Waals surface area contributed by atoms with E-state index < -0.39 is 28.3 Å². The van der Waals surface area contributed by atoms with Gasteiger partial charge >= 0.3 is 6.18 Å². The summed E-state index contributed by atoms with van der Waals surface area (Å²) in [6, 6.07) is 0. The number of alkyl halides is 3. The Bertz CT molecular complexity index is 185. The molecule has 6 heteroatoms. The molecule has 1 aliphatic rings. The summed E-state index contributed by atoms with van der Waals surface area (Å²) in [4.78, 5) is 0. The Morgan fingerprint density at radius 3 is 2.18 bits per heavy atom. The SMILES string of the molecule is CS(=O)CC1(C(F)(F)F)CO1. The van der Waals surface area contributed by atoms with E-state index in [9.17, 15) is 17.4 Å². The van der Waals surface area contributed by atoms with Crippen LogP contribution in [-0.4, -0.2) is 34.6 Å². The molecule has 0 spiro atoms. The van der Waals surface area contributed by atoms with Crippen LogP contribution in [0.3, 0.4) is 0 Å². The largest absolute Gasteiger partial charge is 0.420 e. The fourth-order valence-electron chi connectivity index (χ4n) is 0.744. The quantitative estimate of drug-likeness (QED) is 0.597. The van der Waals surface area contributed by atoms with Crippen LogP contribution >= 0.6 is 0 Å². The Labute approximate surface area is 64.2 Å². The molecule has 0 aromatic heterocycles. The smallest absolute Gasteiger partial charge is 0.359 e. The molecule has 66 valence electrons. The Morgan fingerprint density at radius 1 is 1.64 bits per heavy atom. The molecule has 0 N–H and O–H groups in total. The molecular formula is C5H7F3O2S. The van der Waals surface area contributed by atoms with Crippen molar-refractivity contribution >= 4 is 10.8 Å². The Balaban J connectivity index is 2.61. The van der Waals surface area contributed by atoms with E-state index in [1.54, 1.807) is 0 Å². The van der Waals surface area contributed by atoms with E-state index in [1.807, 2.05) is 0 Å². The summed E-state index contributed by atoms with van der Waals surface area (Å²) in [5.41, 5.74) is -2.09. The van der Waals surface area contributed by atoms with Crippen LogP contribution in [0.2, 0.25) is 0 Å². The topological polar surface area (TPSA) is 29.6 Å². The van der Waals surface area contributed by atoms with Crippen molar-refractivity contribution in [1.82, 2.24) is 0 Å². The third-order valence-electron chi connectivity index (χ3n) is 1.45. The van der Waals surface area contributed by atoms with Crippen LogP contribution in [0, 0.1) is 0 Å². The molecule has 2 nitrogen and oxygen atoms in total. The third kappa shape index (κ3) is 1.73. The Kier molecular flexibility index (Phi) is 2.00. The fourth-order valence-corrected chi connectivity index (χ4v) is 1.73. The third-order valence-corrected chi connectivity index (χ3v) is 2.32. The summed E-state index contributed by atoms with van der Waals surface area (Å²) in [6.07, 6.45) is -3.14. The van der Waals surface area contributed by atoms with Crippen LogP contribution in [-0.2, 0) is 15.5 Å². The monoisotopic (exact) mass is 188 g/mol. The molecule has 0 aromatic rings. The lowest BCUT2D eigenvalue weighted by Crippen LogP contribution is -2.37. The number of epoxide rings is 1. The maximum absolute atomic E-state index is 12.0. The predicted octanol–water partition coefficient (Wildman–Crippen LogP) is 0.696. The summed E-state index contributed by atoms with van der Waals surface area (Å²) < 4.78 is 50.7. The lowest BCUT2D eigenvalue weighted by Gasteiger charge is -2.13. The van der Waals surface area contributed by atoms with Gasteiger partial charge in [-0.2, -0.15) is 13.2 Å². The van der Waals surface area contributed by atoms with E-state index in [0.29, 0.717) is 0 Å². The molecule has 1 rings (SSSR count). The first-order valence-electron chi connectivity index (χ1n) is 2.88. The number of hydrogen-bond donors (Lipinski definition) is 0. The van der Waals surface area contributed by atoms with Crippen LogP contribution in [0.5, 0.6) is 0 Å². The van der Waals surface area contributed by atoms with E-state index in [2.05, 4.69) is 4.74 Å². The van der Waals surface area contributed by atoms with E-state index in [-0.39, 0.29) is 6.61 Å². The van der Waals surface area contributed by atoms with E-state index in [1.165, 1.54) is 6.26 Å². The molecule has 0 bridgehead atoms. The van der Waals surface area contributed by atoms with Gasteiger partial charge in [0.05, 0.1) is 12.4 Å². The average molecular weight is 188 g/mol. The molecule has 0 aliphatic carbocycles. The van der Waals surface area contributed by atoms with Gasteiger partial charge in [0.25, 0.3) is 0 Å². The average Bonchev–Trinajstić information content (AvgIpc) is 2.42. The maximum atomic E-state index is 12.0. The zero-order valence-corrected chi connectivity index (χ0v) is 6.59. The van der Waals surface area contributed by atoms with Crippen LogP contribution < -0.4 is 0 Å². The van der Waals surface area contributed by atoms with Crippen LogP contribution in [0.25, 0.3) is 0 Å². The van der Waals surface area contributed by atoms with E-state index in [0.717, 1.165) is 0 Å². The second-order valence-electron chi connectivity index (χ2n) is 2.50. The number of hydrogen-bond acceptors (Lipinski definition) is 2. The first kappa shape index (κ1) is 8.99. The minimum atomic E-state index is -4.38. The Hall–Kier alpha value is -0.100. The summed E-state index contributed by atoms with van der Waals surface area (Å²) in [5.74, 6) is -0.448. The van der Waals surface area contributed by atoms with Crippen LogP contribution in [0.4, 0.5) is 13.2 Å². The van der Waals surface area contributed by atoms with Gasteiger partial charge in [0.15, 0.2) is 5.60 Å². The lowest BCUT2D eigenvalue weighted by atomic mass is 10.2. The zero-order valence-electron chi connectivity index (χ0n) is 5.77. The molecule has 2 unspecified atom stereocenters. The Morgan fingerprint density at radius 2 is 2.09 bits per heavy atom. The van der Waals surface area contributed by atoms with E-state index >= 15 is 0 Å². The molecule has 0 radical (unpaired) electrons. The predicted molar refractivity (Wildman–Crippen MR) is 33.7 cm³/mol. The first-order chi connectivity index (χ1) is 4.87. The maximum Gasteiger partial charge on any atom is 0.420 e. The van der Waals surface area contributed by atoms with Crippen molar-refractivity contribution in [2.75, 3.05) is 18.6 Å². The number of rotatable bonds is 2. The van der Waals surface area contributed by atoms with Gasteiger partial charge in [-0.25, -0.2) is 0 Å². The van der Waals surface area contributed by atoms with Crippen molar-refractivity contribution in [1.29, 1.82) is 0 Å². The lowest BCUT2D eigenvalue weighted by molar-refractivity contribution is -0.176. The fraction of sp³-hybridized carbons (Fsp3) is 1.00. The van der Waals surface area contributed by atoms with Crippen molar-refractivity contribution in [3.8, 4) is 0 Å². The summed E-state index contributed by atoms with van der Waals surface area (Å²) in [5, 5.41) is 0. The number of halogens is 3. The molecule has 1 heterocycles. The normalized spacial score (nSPS) is 33.5. The highest BCUT2D eigenvalue weighted by Crippen LogP contribution is 2.43. The molecule has 11 heavy (non-hydrogen) atoms. The first-order valence-corrected chi connectivity index (χ1v) is 4.61. The summed E-state index contributed by atoms with van der Waals surface area (Å²) in [6.45, 7) is -0.351. The molecule has 1 fully saturated rings. The van der Waals surface area contributed by atoms with Crippen LogP contribution in [0.1, 0.15) is 0 Å². The van der Waals surface area contributed by atoms with Crippen molar-refractivity contribution in [3.63, 3.8) is 0 Å². The summed E-state index contributed by atoms with van der Waals surface area (Å²) >= 11 is 0. The standard InChI is InChI=1S/C5H7F3O2S/c1-11(9)3-4(2-10-4)5(6,7)8/h2-3H2,1H3. The molecule has 2 atom stereocenters. The highest BCUT2D eigenvalue weighted by atomic mass is 32.2. The van der Waals surface area contributed by atoms with Gasteiger partial charge in [-0.3, -0.25) is 4.21 Å². The van der Waals surface area contributed by atoms with Gasteiger partial charge in [0.1, 0.15) is 0 Å². The molecule has 0 aromatic carbocycles. The minimum Gasteiger partial charge on any atom is -0.359 e. The van der Waals surface area contributed by atoms with E-state index in [4.69, 9.17) is 0 Å². The van der Waals surface area contributed by atoms with Gasteiger partial charge in [-0.15, -0.1) is 0 Å². The second kappa shape index (κ2) is 2.45. The molecule has 1 saturated heterocycles. The van der Waals surface area contributed by atoms with Crippen LogP contribution in [0.15, 0.2) is 0 Å². The van der Waals surface area contributed by atoms with Crippen molar-refractivity contribution < 1.29 is 22.1 Å². The van der Waals surface area contributed by atoms with Gasteiger partial charge in [0.2, 0.25) is 0 Å². The summed E-state index contributed by atoms with van der Waals surface area (Å²) in [7, 11) is -1.46. The van der Waals surface area contributed by atoms with Crippen molar-refractivity contribution in [2.45, 2.75) is 11.8 Å². The molecule has 1 aliphatic heterocycles. The highest BCUT2D eigenvalue weighted by molar-refractivity contribution is 7.84. The van der Waals surface area contributed by atoms with Gasteiger partial charge < -0.3 is 4.74 Å². The zero-order chi connectivity index (χ0) is 8.70.